The maximum absolute atomic E-state index is 12.1. The molecule has 0 spiro atoms. The van der Waals surface area contributed by atoms with Crippen molar-refractivity contribution >= 4 is 15.8 Å². The third kappa shape index (κ3) is 3.10. The number of nitrogens with zero attached hydrogens (tertiary/aromatic N) is 2. The van der Waals surface area contributed by atoms with Crippen molar-refractivity contribution in [1.82, 2.24) is 14.0 Å². The molecule has 0 aliphatic rings. The van der Waals surface area contributed by atoms with Crippen LogP contribution in [-0.4, -0.2) is 17.6 Å². The van der Waals surface area contributed by atoms with Crippen molar-refractivity contribution in [3.63, 3.8) is 0 Å². The second-order valence-electron chi connectivity index (χ2n) is 4.81. The smallest absolute Gasteiger partial charge is 0.293 e. The number of benzene rings is 1. The fourth-order valence-corrected chi connectivity index (χ4v) is 2.60. The van der Waals surface area contributed by atoms with Gasteiger partial charge in [-0.3, -0.25) is 19.4 Å². The normalized spacial score (nSPS) is 11.4. The van der Waals surface area contributed by atoms with Gasteiger partial charge in [-0.15, -0.1) is 4.83 Å². The molecular formula is C13H16N4O4S. The van der Waals surface area contributed by atoms with E-state index in [9.17, 15) is 18.0 Å². The van der Waals surface area contributed by atoms with Crippen LogP contribution in [0.2, 0.25) is 0 Å². The van der Waals surface area contributed by atoms with E-state index in [1.54, 1.807) is 12.1 Å². The van der Waals surface area contributed by atoms with Crippen LogP contribution in [0, 0.1) is 6.92 Å². The van der Waals surface area contributed by atoms with Gasteiger partial charge in [0.25, 0.3) is 15.6 Å². The minimum absolute atomic E-state index is 0.0452. The van der Waals surface area contributed by atoms with Gasteiger partial charge in [0.05, 0.1) is 4.90 Å². The molecule has 9 heteroatoms. The third-order valence-corrected chi connectivity index (χ3v) is 4.43. The number of aromatic nitrogens is 2. The van der Waals surface area contributed by atoms with Crippen LogP contribution < -0.4 is 21.5 Å². The summed E-state index contributed by atoms with van der Waals surface area (Å²) in [5.41, 5.74) is 2.21. The standard InChI is InChI=1S/C13H16N4O4S/c1-9-4-6-10(7-5-9)22(20,21)15-14-11-8-12(18)17(3)13(19)16(11)2/h4-8,14-15H,1-3H3. The number of rotatable bonds is 4. The second kappa shape index (κ2) is 5.78. The number of hydrazine groups is 1. The Kier molecular flexibility index (Phi) is 4.20. The number of hydrogen-bond acceptors (Lipinski definition) is 5. The Morgan fingerprint density at radius 3 is 2.18 bits per heavy atom. The molecule has 0 bridgehead atoms. The lowest BCUT2D eigenvalue weighted by Gasteiger charge is -2.13. The average molecular weight is 324 g/mol. The van der Waals surface area contributed by atoms with Gasteiger partial charge in [0.15, 0.2) is 0 Å². The molecule has 0 amide bonds. The first kappa shape index (κ1) is 16.0. The summed E-state index contributed by atoms with van der Waals surface area (Å²) >= 11 is 0. The van der Waals surface area contributed by atoms with Crippen LogP contribution in [0.4, 0.5) is 5.82 Å². The molecule has 1 aromatic heterocycles. The number of nitrogens with one attached hydrogen (secondary N) is 2. The summed E-state index contributed by atoms with van der Waals surface area (Å²) in [6.45, 7) is 1.84. The van der Waals surface area contributed by atoms with Crippen LogP contribution in [-0.2, 0) is 24.1 Å². The van der Waals surface area contributed by atoms with Crippen molar-refractivity contribution in [2.45, 2.75) is 11.8 Å². The Morgan fingerprint density at radius 2 is 1.59 bits per heavy atom. The van der Waals surface area contributed by atoms with Crippen LogP contribution in [0.25, 0.3) is 0 Å². The number of anilines is 1. The van der Waals surface area contributed by atoms with E-state index in [-0.39, 0.29) is 10.7 Å². The Hall–Kier alpha value is -2.39. The zero-order valence-electron chi connectivity index (χ0n) is 12.3. The summed E-state index contributed by atoms with van der Waals surface area (Å²) < 4.78 is 26.3. The van der Waals surface area contributed by atoms with Crippen LogP contribution in [0.5, 0.6) is 0 Å². The van der Waals surface area contributed by atoms with Gasteiger partial charge in [0, 0.05) is 20.2 Å². The molecule has 0 atom stereocenters. The quantitative estimate of drug-likeness (QED) is 0.752. The highest BCUT2D eigenvalue weighted by Gasteiger charge is 2.14. The lowest BCUT2D eigenvalue weighted by Crippen LogP contribution is -2.40. The number of sulfonamides is 1. The highest BCUT2D eigenvalue weighted by molar-refractivity contribution is 7.89. The van der Waals surface area contributed by atoms with E-state index in [1.165, 1.54) is 26.2 Å². The van der Waals surface area contributed by atoms with Crippen LogP contribution in [0.15, 0.2) is 44.8 Å². The first-order valence-corrected chi connectivity index (χ1v) is 7.82. The van der Waals surface area contributed by atoms with Gasteiger partial charge in [0.2, 0.25) is 0 Å². The molecule has 2 rings (SSSR count). The molecule has 0 unspecified atom stereocenters. The summed E-state index contributed by atoms with van der Waals surface area (Å²) in [6.07, 6.45) is 0. The van der Waals surface area contributed by atoms with E-state index >= 15 is 0 Å². The fraction of sp³-hybridized carbons (Fsp3) is 0.231. The highest BCUT2D eigenvalue weighted by Crippen LogP contribution is 2.10. The third-order valence-electron chi connectivity index (χ3n) is 3.17. The number of hydrogen-bond donors (Lipinski definition) is 2. The van der Waals surface area contributed by atoms with Gasteiger partial charge in [-0.2, -0.15) is 0 Å². The molecular weight excluding hydrogens is 308 g/mol. The van der Waals surface area contributed by atoms with Gasteiger partial charge in [-0.05, 0) is 19.1 Å². The Bertz CT molecular complexity index is 911. The Morgan fingerprint density at radius 1 is 1.00 bits per heavy atom. The lowest BCUT2D eigenvalue weighted by molar-refractivity contribution is 0.586. The fourth-order valence-electron chi connectivity index (χ4n) is 1.75. The molecule has 0 aliphatic carbocycles. The maximum atomic E-state index is 12.1. The number of aryl methyl sites for hydroxylation is 1. The average Bonchev–Trinajstić information content (AvgIpc) is 2.48. The molecule has 2 aromatic rings. The summed E-state index contributed by atoms with van der Waals surface area (Å²) in [7, 11) is -1.05. The Labute approximate surface area is 127 Å². The molecule has 0 saturated carbocycles. The van der Waals surface area contributed by atoms with Gasteiger partial charge in [0.1, 0.15) is 5.82 Å². The minimum Gasteiger partial charge on any atom is -0.293 e. The van der Waals surface area contributed by atoms with Crippen molar-refractivity contribution in [1.29, 1.82) is 0 Å². The molecule has 1 aromatic carbocycles. The van der Waals surface area contributed by atoms with Crippen LogP contribution in [0.1, 0.15) is 5.56 Å². The largest absolute Gasteiger partial charge is 0.332 e. The molecule has 8 nitrogen and oxygen atoms in total. The van der Waals surface area contributed by atoms with Gasteiger partial charge < -0.3 is 0 Å². The van der Waals surface area contributed by atoms with Crippen molar-refractivity contribution in [2.75, 3.05) is 5.43 Å². The van der Waals surface area contributed by atoms with E-state index in [0.717, 1.165) is 20.8 Å². The zero-order valence-corrected chi connectivity index (χ0v) is 13.1. The molecule has 0 radical (unpaired) electrons. The van der Waals surface area contributed by atoms with Crippen molar-refractivity contribution in [3.8, 4) is 0 Å². The lowest BCUT2D eigenvalue weighted by atomic mass is 10.2. The first-order valence-electron chi connectivity index (χ1n) is 6.34. The first-order chi connectivity index (χ1) is 10.2. The molecule has 0 aliphatic heterocycles. The monoisotopic (exact) mass is 324 g/mol. The molecule has 1 heterocycles. The summed E-state index contributed by atoms with van der Waals surface area (Å²) in [5.74, 6) is 0.0452. The van der Waals surface area contributed by atoms with Crippen molar-refractivity contribution in [2.24, 2.45) is 14.1 Å². The highest BCUT2D eigenvalue weighted by atomic mass is 32.2. The SMILES string of the molecule is Cc1ccc(S(=O)(=O)NNc2cc(=O)n(C)c(=O)n2C)cc1. The van der Waals surface area contributed by atoms with E-state index in [4.69, 9.17) is 0 Å². The Balaban J connectivity index is 2.28. The zero-order chi connectivity index (χ0) is 16.5. The molecule has 118 valence electrons. The van der Waals surface area contributed by atoms with Crippen molar-refractivity contribution in [3.05, 3.63) is 56.7 Å². The van der Waals surface area contributed by atoms with E-state index in [2.05, 4.69) is 10.3 Å². The van der Waals surface area contributed by atoms with E-state index in [1.807, 2.05) is 6.92 Å². The molecule has 22 heavy (non-hydrogen) atoms. The molecule has 0 fully saturated rings. The second-order valence-corrected chi connectivity index (χ2v) is 6.49. The van der Waals surface area contributed by atoms with Crippen LogP contribution in [0.3, 0.4) is 0 Å². The van der Waals surface area contributed by atoms with Crippen LogP contribution >= 0.6 is 0 Å². The summed E-state index contributed by atoms with van der Waals surface area (Å²) in [6, 6.07) is 7.38. The molecule has 2 N–H and O–H groups in total. The summed E-state index contributed by atoms with van der Waals surface area (Å²) in [4.78, 5) is 25.5. The van der Waals surface area contributed by atoms with E-state index in [0.29, 0.717) is 0 Å². The van der Waals surface area contributed by atoms with Gasteiger partial charge >= 0.3 is 5.69 Å². The minimum atomic E-state index is -3.81. The van der Waals surface area contributed by atoms with Gasteiger partial charge in [-0.1, -0.05) is 17.7 Å². The predicted octanol–water partition coefficient (Wildman–Crippen LogP) is -0.302. The predicted molar refractivity (Wildman–Crippen MR) is 82.0 cm³/mol. The maximum Gasteiger partial charge on any atom is 0.332 e. The van der Waals surface area contributed by atoms with Crippen molar-refractivity contribution < 1.29 is 8.42 Å². The topological polar surface area (TPSA) is 102 Å². The van der Waals surface area contributed by atoms with Gasteiger partial charge in [-0.25, -0.2) is 13.2 Å². The van der Waals surface area contributed by atoms with E-state index < -0.39 is 21.3 Å². The summed E-state index contributed by atoms with van der Waals surface area (Å²) in [5, 5.41) is 0. The molecule has 0 saturated heterocycles.